The molecule has 7 nitrogen and oxygen atoms in total. The van der Waals surface area contributed by atoms with Gasteiger partial charge in [-0.2, -0.15) is 0 Å². The van der Waals surface area contributed by atoms with Gasteiger partial charge in [-0.15, -0.1) is 11.3 Å². The first kappa shape index (κ1) is 19.1. The maximum absolute atomic E-state index is 12.7. The van der Waals surface area contributed by atoms with Crippen LogP contribution >= 0.6 is 11.3 Å². The van der Waals surface area contributed by atoms with E-state index in [1.807, 2.05) is 17.5 Å². The number of anilines is 1. The van der Waals surface area contributed by atoms with Crippen LogP contribution in [0.5, 0.6) is 23.0 Å². The summed E-state index contributed by atoms with van der Waals surface area (Å²) >= 11 is 1.37. The van der Waals surface area contributed by atoms with Crippen LogP contribution in [0.4, 0.5) is 5.13 Å². The van der Waals surface area contributed by atoms with E-state index in [4.69, 9.17) is 18.9 Å². The number of aromatic nitrogens is 1. The first-order valence-corrected chi connectivity index (χ1v) is 9.84. The summed E-state index contributed by atoms with van der Waals surface area (Å²) < 4.78 is 21.5. The molecule has 1 aliphatic rings. The summed E-state index contributed by atoms with van der Waals surface area (Å²) in [6.45, 7) is 0.714. The fraction of sp³-hybridized carbons (Fsp3) is 0.238. The standard InChI is InChI=1S/C21H20N2O5S/c1-25-17-9-14(10-18(26-2)19(17)27-3)20(24)23-21-22-15(11-29-21)12-4-5-16-13(8-12)6-7-28-16/h4-5,8-11H,6-7H2,1-3H3,(H,22,23,24). The monoisotopic (exact) mass is 412 g/mol. The van der Waals surface area contributed by atoms with Gasteiger partial charge in [-0.1, -0.05) is 0 Å². The molecule has 8 heteroatoms. The van der Waals surface area contributed by atoms with Crippen molar-refractivity contribution in [2.45, 2.75) is 6.42 Å². The van der Waals surface area contributed by atoms with Gasteiger partial charge in [-0.25, -0.2) is 4.98 Å². The lowest BCUT2D eigenvalue weighted by atomic mass is 10.1. The van der Waals surface area contributed by atoms with Crippen LogP contribution in [0, 0.1) is 0 Å². The molecule has 29 heavy (non-hydrogen) atoms. The van der Waals surface area contributed by atoms with Gasteiger partial charge in [-0.05, 0) is 35.9 Å². The number of rotatable bonds is 6. The minimum Gasteiger partial charge on any atom is -0.493 e. The van der Waals surface area contributed by atoms with Gasteiger partial charge in [0, 0.05) is 22.9 Å². The van der Waals surface area contributed by atoms with Gasteiger partial charge < -0.3 is 18.9 Å². The Balaban J connectivity index is 1.55. The lowest BCUT2D eigenvalue weighted by Crippen LogP contribution is -2.12. The molecule has 0 unspecified atom stereocenters. The van der Waals surface area contributed by atoms with Gasteiger partial charge >= 0.3 is 0 Å². The molecule has 4 rings (SSSR count). The van der Waals surface area contributed by atoms with Crippen LogP contribution in [0.3, 0.4) is 0 Å². The normalized spacial score (nSPS) is 12.1. The van der Waals surface area contributed by atoms with Crippen LogP contribution in [0.15, 0.2) is 35.7 Å². The highest BCUT2D eigenvalue weighted by Crippen LogP contribution is 2.38. The van der Waals surface area contributed by atoms with Crippen LogP contribution in [0.1, 0.15) is 15.9 Å². The van der Waals surface area contributed by atoms with E-state index in [2.05, 4.69) is 16.4 Å². The van der Waals surface area contributed by atoms with Crippen molar-refractivity contribution < 1.29 is 23.7 Å². The van der Waals surface area contributed by atoms with Crippen molar-refractivity contribution in [3.63, 3.8) is 0 Å². The maximum atomic E-state index is 12.7. The number of hydrogen-bond acceptors (Lipinski definition) is 7. The molecule has 0 aliphatic carbocycles. The predicted molar refractivity (Wildman–Crippen MR) is 111 cm³/mol. The van der Waals surface area contributed by atoms with Crippen LogP contribution in [-0.4, -0.2) is 38.8 Å². The number of carbonyl (C=O) groups is 1. The molecule has 2 heterocycles. The summed E-state index contributed by atoms with van der Waals surface area (Å²) in [6.07, 6.45) is 0.901. The molecule has 1 aliphatic heterocycles. The van der Waals surface area contributed by atoms with Gasteiger partial charge in [0.15, 0.2) is 16.6 Å². The number of thiazole rings is 1. The predicted octanol–water partition coefficient (Wildman–Crippen LogP) is 4.02. The van der Waals surface area contributed by atoms with Gasteiger partial charge in [-0.3, -0.25) is 10.1 Å². The van der Waals surface area contributed by atoms with Crippen LogP contribution in [0.25, 0.3) is 11.3 Å². The molecule has 0 spiro atoms. The average molecular weight is 412 g/mol. The fourth-order valence-corrected chi connectivity index (χ4v) is 3.91. The Labute approximate surface area is 172 Å². The molecule has 2 aromatic carbocycles. The second-order valence-electron chi connectivity index (χ2n) is 6.33. The maximum Gasteiger partial charge on any atom is 0.257 e. The van der Waals surface area contributed by atoms with Crippen LogP contribution in [0.2, 0.25) is 0 Å². The smallest absolute Gasteiger partial charge is 0.257 e. The lowest BCUT2D eigenvalue weighted by Gasteiger charge is -2.13. The largest absolute Gasteiger partial charge is 0.493 e. The van der Waals surface area contributed by atoms with E-state index in [1.165, 1.54) is 38.2 Å². The summed E-state index contributed by atoms with van der Waals surface area (Å²) in [7, 11) is 4.53. The average Bonchev–Trinajstić information content (AvgIpc) is 3.41. The Morgan fingerprint density at radius 2 is 1.86 bits per heavy atom. The number of benzene rings is 2. The zero-order chi connectivity index (χ0) is 20.4. The third-order valence-electron chi connectivity index (χ3n) is 4.64. The van der Waals surface area contributed by atoms with Gasteiger partial charge in [0.25, 0.3) is 5.91 Å². The van der Waals surface area contributed by atoms with Crippen molar-refractivity contribution in [1.82, 2.24) is 4.98 Å². The van der Waals surface area contributed by atoms with E-state index in [0.717, 1.165) is 23.4 Å². The van der Waals surface area contributed by atoms with Gasteiger partial charge in [0.05, 0.1) is 33.6 Å². The van der Waals surface area contributed by atoms with Crippen molar-refractivity contribution in [3.8, 4) is 34.3 Å². The number of ether oxygens (including phenoxy) is 4. The molecule has 1 amide bonds. The number of nitrogens with zero attached hydrogens (tertiary/aromatic N) is 1. The second kappa shape index (κ2) is 8.00. The fourth-order valence-electron chi connectivity index (χ4n) is 3.19. The molecular weight excluding hydrogens is 392 g/mol. The highest BCUT2D eigenvalue weighted by molar-refractivity contribution is 7.14. The summed E-state index contributed by atoms with van der Waals surface area (Å²) in [6, 6.07) is 9.23. The zero-order valence-electron chi connectivity index (χ0n) is 16.3. The molecule has 150 valence electrons. The summed E-state index contributed by atoms with van der Waals surface area (Å²) in [5.74, 6) is 1.88. The molecule has 0 fully saturated rings. The highest BCUT2D eigenvalue weighted by Gasteiger charge is 2.18. The minimum atomic E-state index is -0.312. The van der Waals surface area contributed by atoms with E-state index in [9.17, 15) is 4.79 Å². The molecule has 0 radical (unpaired) electrons. The van der Waals surface area contributed by atoms with E-state index >= 15 is 0 Å². The number of hydrogen-bond donors (Lipinski definition) is 1. The number of methoxy groups -OCH3 is 3. The Morgan fingerprint density at radius 1 is 1.10 bits per heavy atom. The first-order valence-electron chi connectivity index (χ1n) is 8.96. The van der Waals surface area contributed by atoms with Gasteiger partial charge in [0.1, 0.15) is 5.75 Å². The second-order valence-corrected chi connectivity index (χ2v) is 7.19. The highest BCUT2D eigenvalue weighted by atomic mass is 32.1. The Hall–Kier alpha value is -3.26. The van der Waals surface area contributed by atoms with Crippen LogP contribution < -0.4 is 24.3 Å². The van der Waals surface area contributed by atoms with Crippen molar-refractivity contribution in [2.75, 3.05) is 33.3 Å². The Bertz CT molecular complexity index is 1040. The Kier molecular flexibility index (Phi) is 5.26. The SMILES string of the molecule is COc1cc(C(=O)Nc2nc(-c3ccc4c(c3)CCO4)cs2)cc(OC)c1OC. The Morgan fingerprint density at radius 3 is 2.55 bits per heavy atom. The van der Waals surface area contributed by atoms with E-state index in [-0.39, 0.29) is 5.91 Å². The number of fused-ring (bicyclic) bond motifs is 1. The molecule has 0 atom stereocenters. The third-order valence-corrected chi connectivity index (χ3v) is 5.39. The molecule has 1 N–H and O–H groups in total. The van der Waals surface area contributed by atoms with E-state index in [0.29, 0.717) is 34.6 Å². The molecule has 0 saturated carbocycles. The first-order chi connectivity index (χ1) is 14.1. The van der Waals surface area contributed by atoms with Crippen molar-refractivity contribution >= 4 is 22.4 Å². The summed E-state index contributed by atoms with van der Waals surface area (Å²) in [5, 5.41) is 5.26. The zero-order valence-corrected chi connectivity index (χ0v) is 17.1. The minimum absolute atomic E-state index is 0.312. The quantitative estimate of drug-likeness (QED) is 0.659. The third kappa shape index (κ3) is 3.71. The number of nitrogens with one attached hydrogen (secondary N) is 1. The number of carbonyl (C=O) groups excluding carboxylic acids is 1. The summed E-state index contributed by atoms with van der Waals surface area (Å²) in [4.78, 5) is 17.3. The van der Waals surface area contributed by atoms with Crippen molar-refractivity contribution in [3.05, 3.63) is 46.8 Å². The van der Waals surface area contributed by atoms with E-state index < -0.39 is 0 Å². The topological polar surface area (TPSA) is 78.9 Å². The number of amides is 1. The van der Waals surface area contributed by atoms with E-state index in [1.54, 1.807) is 12.1 Å². The van der Waals surface area contributed by atoms with Crippen molar-refractivity contribution in [1.29, 1.82) is 0 Å². The molecular formula is C21H20N2O5S. The van der Waals surface area contributed by atoms with Crippen molar-refractivity contribution in [2.24, 2.45) is 0 Å². The van der Waals surface area contributed by atoms with Crippen LogP contribution in [-0.2, 0) is 6.42 Å². The molecule has 0 saturated heterocycles. The van der Waals surface area contributed by atoms with Gasteiger partial charge in [0.2, 0.25) is 5.75 Å². The molecule has 1 aromatic heterocycles. The summed E-state index contributed by atoms with van der Waals surface area (Å²) in [5.41, 5.74) is 3.37. The molecule has 0 bridgehead atoms. The molecule has 3 aromatic rings. The lowest BCUT2D eigenvalue weighted by molar-refractivity contribution is 0.102.